The summed E-state index contributed by atoms with van der Waals surface area (Å²) in [4.78, 5) is 26.8. The molecule has 0 spiro atoms. The third-order valence-electron chi connectivity index (χ3n) is 2.55. The zero-order valence-electron chi connectivity index (χ0n) is 9.76. The Morgan fingerprint density at radius 2 is 2.11 bits per heavy atom. The van der Waals surface area contributed by atoms with Crippen molar-refractivity contribution in [3.63, 3.8) is 0 Å². The number of aliphatic carboxylic acids is 1. The normalized spacial score (nSPS) is 17.5. The number of carbonyl (C=O) groups excluding carboxylic acids is 2. The molecule has 1 amide bonds. The van der Waals surface area contributed by atoms with Crippen LogP contribution >= 0.6 is 11.6 Å². The van der Waals surface area contributed by atoms with E-state index in [0.717, 1.165) is 5.56 Å². The fourth-order valence-electron chi connectivity index (χ4n) is 1.60. The van der Waals surface area contributed by atoms with E-state index in [2.05, 4.69) is 10.5 Å². The number of amides is 1. The number of carbonyl (C=O) groups is 2. The molecule has 1 aliphatic heterocycles. The predicted molar refractivity (Wildman–Crippen MR) is 65.5 cm³/mol. The van der Waals surface area contributed by atoms with Crippen molar-refractivity contribution in [3.8, 4) is 0 Å². The smallest absolute Gasteiger partial charge is 0.264 e. The van der Waals surface area contributed by atoms with Gasteiger partial charge in [-0.3, -0.25) is 4.79 Å². The van der Waals surface area contributed by atoms with Gasteiger partial charge in [0.15, 0.2) is 0 Å². The van der Waals surface area contributed by atoms with Crippen LogP contribution in [0.15, 0.2) is 29.4 Å². The van der Waals surface area contributed by atoms with Crippen LogP contribution in [0.5, 0.6) is 0 Å². The van der Waals surface area contributed by atoms with Crippen LogP contribution in [0, 0.1) is 0 Å². The van der Waals surface area contributed by atoms with Gasteiger partial charge in [0.1, 0.15) is 0 Å². The fourth-order valence-corrected chi connectivity index (χ4v) is 1.73. The van der Waals surface area contributed by atoms with Crippen molar-refractivity contribution in [2.45, 2.75) is 12.5 Å². The summed E-state index contributed by atoms with van der Waals surface area (Å²) in [5.74, 6) is -1.89. The summed E-state index contributed by atoms with van der Waals surface area (Å²) in [5, 5.41) is 16.8. The second kappa shape index (κ2) is 5.71. The van der Waals surface area contributed by atoms with Crippen LogP contribution in [0.3, 0.4) is 0 Å². The molecule has 1 N–H and O–H groups in total. The van der Waals surface area contributed by atoms with Crippen LogP contribution in [0.25, 0.3) is 0 Å². The molecule has 1 atom stereocenters. The number of halogens is 1. The van der Waals surface area contributed by atoms with Crippen molar-refractivity contribution < 1.29 is 19.5 Å². The molecule has 0 saturated heterocycles. The highest BCUT2D eigenvalue weighted by Crippen LogP contribution is 2.18. The largest absolute Gasteiger partial charge is 0.548 e. The van der Waals surface area contributed by atoms with E-state index < -0.39 is 24.5 Å². The molecule has 2 rings (SSSR count). The Morgan fingerprint density at radius 3 is 2.74 bits per heavy atom. The van der Waals surface area contributed by atoms with Crippen LogP contribution in [-0.4, -0.2) is 30.2 Å². The molecule has 0 aromatic heterocycles. The molecule has 19 heavy (non-hydrogen) atoms. The Balaban J connectivity index is 1.93. The van der Waals surface area contributed by atoms with E-state index in [0.29, 0.717) is 10.7 Å². The Labute approximate surface area is 114 Å². The first-order valence-corrected chi connectivity index (χ1v) is 5.90. The fraction of sp³-hybridized carbons (Fsp3) is 0.250. The molecule has 1 heterocycles. The third kappa shape index (κ3) is 3.45. The summed E-state index contributed by atoms with van der Waals surface area (Å²) < 4.78 is 0. The second-order valence-corrected chi connectivity index (χ2v) is 4.37. The zero-order valence-corrected chi connectivity index (χ0v) is 10.5. The molecular weight excluding hydrogens is 272 g/mol. The van der Waals surface area contributed by atoms with Crippen molar-refractivity contribution >= 4 is 29.2 Å². The van der Waals surface area contributed by atoms with Gasteiger partial charge >= 0.3 is 0 Å². The highest BCUT2D eigenvalue weighted by molar-refractivity contribution is 6.30. The van der Waals surface area contributed by atoms with Crippen molar-refractivity contribution in [1.29, 1.82) is 0 Å². The molecule has 0 saturated carbocycles. The Bertz CT molecular complexity index is 527. The number of carboxylic acids is 1. The maximum atomic E-state index is 11.6. The van der Waals surface area contributed by atoms with E-state index in [4.69, 9.17) is 16.4 Å². The number of nitrogens with zero attached hydrogens (tertiary/aromatic N) is 1. The summed E-state index contributed by atoms with van der Waals surface area (Å²) in [7, 11) is 0. The van der Waals surface area contributed by atoms with Gasteiger partial charge in [-0.05, 0) is 17.7 Å². The van der Waals surface area contributed by atoms with E-state index in [1.54, 1.807) is 24.3 Å². The minimum atomic E-state index is -1.36. The maximum absolute atomic E-state index is 11.6. The summed E-state index contributed by atoms with van der Waals surface area (Å²) in [6, 6.07) is 6.96. The molecule has 1 aromatic carbocycles. The molecule has 0 aliphatic carbocycles. The monoisotopic (exact) mass is 281 g/mol. The van der Waals surface area contributed by atoms with Gasteiger partial charge in [0.2, 0.25) is 6.10 Å². The number of nitrogens with one attached hydrogen (secondary N) is 1. The quantitative estimate of drug-likeness (QED) is 0.820. The van der Waals surface area contributed by atoms with Crippen molar-refractivity contribution in [3.05, 3.63) is 34.9 Å². The second-order valence-electron chi connectivity index (χ2n) is 3.93. The molecule has 7 heteroatoms. The number of rotatable bonds is 4. The van der Waals surface area contributed by atoms with Crippen molar-refractivity contribution in [2.24, 2.45) is 5.16 Å². The summed E-state index contributed by atoms with van der Waals surface area (Å²) in [5.41, 5.74) is 1.42. The SMILES string of the molecule is O=C([O-])CNC(=O)[C@@H]1CC(c2ccc(Cl)cc2)=NO1. The molecular formula is C12H10ClN2O4-. The van der Waals surface area contributed by atoms with Gasteiger partial charge in [-0.2, -0.15) is 0 Å². The van der Waals surface area contributed by atoms with Gasteiger partial charge in [0.05, 0.1) is 18.2 Å². The van der Waals surface area contributed by atoms with Gasteiger partial charge in [0, 0.05) is 11.4 Å². The molecule has 0 fully saturated rings. The molecule has 6 nitrogen and oxygen atoms in total. The zero-order chi connectivity index (χ0) is 13.8. The average molecular weight is 282 g/mol. The van der Waals surface area contributed by atoms with Gasteiger partial charge in [0.25, 0.3) is 5.91 Å². The molecule has 1 aliphatic rings. The minimum absolute atomic E-state index is 0.278. The van der Waals surface area contributed by atoms with Crippen LogP contribution in [0.1, 0.15) is 12.0 Å². The van der Waals surface area contributed by atoms with E-state index in [9.17, 15) is 14.7 Å². The van der Waals surface area contributed by atoms with Crippen LogP contribution in [0.4, 0.5) is 0 Å². The standard InChI is InChI=1S/C12H11ClN2O4/c13-8-3-1-7(2-4-8)9-5-10(19-15-9)12(18)14-6-11(16)17/h1-4,10H,5-6H2,(H,14,18)(H,16,17)/p-1/t10-/m0/s1. The van der Waals surface area contributed by atoms with Crippen molar-refractivity contribution in [2.75, 3.05) is 6.54 Å². The van der Waals surface area contributed by atoms with Crippen LogP contribution < -0.4 is 10.4 Å². The van der Waals surface area contributed by atoms with E-state index in [1.807, 2.05) is 0 Å². The first kappa shape index (κ1) is 13.4. The third-order valence-corrected chi connectivity index (χ3v) is 2.80. The van der Waals surface area contributed by atoms with Crippen LogP contribution in [-0.2, 0) is 14.4 Å². The number of oxime groups is 1. The number of benzene rings is 1. The Kier molecular flexibility index (Phi) is 4.01. The van der Waals surface area contributed by atoms with Gasteiger partial charge in [-0.25, -0.2) is 0 Å². The average Bonchev–Trinajstić information content (AvgIpc) is 2.86. The van der Waals surface area contributed by atoms with Gasteiger partial charge < -0.3 is 20.1 Å². The molecule has 100 valence electrons. The molecule has 0 unspecified atom stereocenters. The van der Waals surface area contributed by atoms with Crippen molar-refractivity contribution in [1.82, 2.24) is 5.32 Å². The topological polar surface area (TPSA) is 90.8 Å². The van der Waals surface area contributed by atoms with E-state index in [1.165, 1.54) is 0 Å². The summed E-state index contributed by atoms with van der Waals surface area (Å²) in [6.07, 6.45) is -0.537. The van der Waals surface area contributed by atoms with E-state index >= 15 is 0 Å². The number of carboxylic acid groups (broad SMARTS) is 1. The highest BCUT2D eigenvalue weighted by Gasteiger charge is 2.28. The lowest BCUT2D eigenvalue weighted by molar-refractivity contribution is -0.304. The molecule has 0 bridgehead atoms. The number of hydrogen-bond donors (Lipinski definition) is 1. The predicted octanol–water partition coefficient (Wildman–Crippen LogP) is -0.301. The minimum Gasteiger partial charge on any atom is -0.548 e. The Morgan fingerprint density at radius 1 is 1.42 bits per heavy atom. The van der Waals surface area contributed by atoms with Gasteiger partial charge in [-0.1, -0.05) is 28.9 Å². The number of hydrogen-bond acceptors (Lipinski definition) is 5. The van der Waals surface area contributed by atoms with Crippen LogP contribution in [0.2, 0.25) is 5.02 Å². The van der Waals surface area contributed by atoms with E-state index in [-0.39, 0.29) is 6.42 Å². The lowest BCUT2D eigenvalue weighted by Crippen LogP contribution is -2.42. The van der Waals surface area contributed by atoms with Gasteiger partial charge in [-0.15, -0.1) is 0 Å². The maximum Gasteiger partial charge on any atom is 0.264 e. The molecule has 1 aromatic rings. The summed E-state index contributed by atoms with van der Waals surface area (Å²) >= 11 is 5.77. The highest BCUT2D eigenvalue weighted by atomic mass is 35.5. The summed E-state index contributed by atoms with van der Waals surface area (Å²) in [6.45, 7) is -0.547. The first-order chi connectivity index (χ1) is 9.06. The lowest BCUT2D eigenvalue weighted by Gasteiger charge is -2.09. The lowest BCUT2D eigenvalue weighted by atomic mass is 10.0. The molecule has 0 radical (unpaired) electrons. The first-order valence-electron chi connectivity index (χ1n) is 5.52. The Hall–Kier alpha value is -2.08.